The van der Waals surface area contributed by atoms with Crippen LogP contribution in [0.5, 0.6) is 0 Å². The molecule has 0 saturated carbocycles. The highest BCUT2D eigenvalue weighted by Crippen LogP contribution is 2.18. The smallest absolute Gasteiger partial charge is 0.319 e. The summed E-state index contributed by atoms with van der Waals surface area (Å²) >= 11 is 0. The summed E-state index contributed by atoms with van der Waals surface area (Å²) in [4.78, 5) is 11.1. The molecular formula is C12H22N2O4. The lowest BCUT2D eigenvalue weighted by molar-refractivity contribution is -0.142. The van der Waals surface area contributed by atoms with Crippen molar-refractivity contribution < 1.29 is 19.0 Å². The SMILES string of the molecule is CCOC(=O)CNC1OC1NCC1CCOCC1. The van der Waals surface area contributed by atoms with Crippen LogP contribution < -0.4 is 10.6 Å². The van der Waals surface area contributed by atoms with Gasteiger partial charge in [0.1, 0.15) is 0 Å². The topological polar surface area (TPSA) is 72.1 Å². The van der Waals surface area contributed by atoms with Crippen LogP contribution >= 0.6 is 0 Å². The number of epoxide rings is 1. The molecule has 6 nitrogen and oxygen atoms in total. The van der Waals surface area contributed by atoms with Crippen molar-refractivity contribution in [3.8, 4) is 0 Å². The Labute approximate surface area is 107 Å². The third-order valence-electron chi connectivity index (χ3n) is 3.19. The third-order valence-corrected chi connectivity index (χ3v) is 3.19. The zero-order valence-corrected chi connectivity index (χ0v) is 10.8. The van der Waals surface area contributed by atoms with Crippen molar-refractivity contribution in [2.45, 2.75) is 32.2 Å². The molecule has 0 aromatic heterocycles. The van der Waals surface area contributed by atoms with E-state index >= 15 is 0 Å². The molecule has 0 aliphatic carbocycles. The second-order valence-electron chi connectivity index (χ2n) is 4.63. The van der Waals surface area contributed by atoms with Crippen LogP contribution in [0.4, 0.5) is 0 Å². The first kappa shape index (κ1) is 13.7. The Morgan fingerprint density at radius 2 is 2.00 bits per heavy atom. The summed E-state index contributed by atoms with van der Waals surface area (Å²) in [5, 5.41) is 6.33. The minimum Gasteiger partial charge on any atom is -0.465 e. The quantitative estimate of drug-likeness (QED) is 0.488. The van der Waals surface area contributed by atoms with E-state index in [0.29, 0.717) is 12.5 Å². The van der Waals surface area contributed by atoms with Gasteiger partial charge in [0.15, 0.2) is 12.5 Å². The normalized spacial score (nSPS) is 28.1. The molecule has 18 heavy (non-hydrogen) atoms. The van der Waals surface area contributed by atoms with Crippen LogP contribution in [-0.2, 0) is 19.0 Å². The van der Waals surface area contributed by atoms with E-state index in [0.717, 1.165) is 32.6 Å². The van der Waals surface area contributed by atoms with Crippen LogP contribution in [-0.4, -0.2) is 51.3 Å². The number of hydrogen-bond acceptors (Lipinski definition) is 6. The zero-order valence-electron chi connectivity index (χ0n) is 10.8. The van der Waals surface area contributed by atoms with E-state index in [-0.39, 0.29) is 25.0 Å². The second kappa shape index (κ2) is 7.04. The number of ether oxygens (including phenoxy) is 3. The molecule has 2 rings (SSSR count). The molecule has 2 atom stereocenters. The summed E-state index contributed by atoms with van der Waals surface area (Å²) < 4.78 is 15.5. The van der Waals surface area contributed by atoms with Gasteiger partial charge in [0.25, 0.3) is 0 Å². The number of rotatable bonds is 7. The molecule has 0 aromatic rings. The molecule has 0 aromatic carbocycles. The molecule has 104 valence electrons. The van der Waals surface area contributed by atoms with E-state index < -0.39 is 0 Å². The Balaban J connectivity index is 1.50. The first-order valence-electron chi connectivity index (χ1n) is 6.65. The molecule has 2 unspecified atom stereocenters. The standard InChI is InChI=1S/C12H22N2O4/c1-2-17-10(15)8-14-12-11(18-12)13-7-9-3-5-16-6-4-9/h9,11-14H,2-8H2,1H3. The van der Waals surface area contributed by atoms with Crippen molar-refractivity contribution in [3.63, 3.8) is 0 Å². The van der Waals surface area contributed by atoms with E-state index in [2.05, 4.69) is 10.6 Å². The summed E-state index contributed by atoms with van der Waals surface area (Å²) in [6.45, 7) is 5.09. The van der Waals surface area contributed by atoms with Crippen molar-refractivity contribution in [3.05, 3.63) is 0 Å². The van der Waals surface area contributed by atoms with E-state index in [1.165, 1.54) is 0 Å². The lowest BCUT2D eigenvalue weighted by atomic mass is 10.0. The fourth-order valence-electron chi connectivity index (χ4n) is 2.05. The van der Waals surface area contributed by atoms with Gasteiger partial charge in [-0.1, -0.05) is 0 Å². The number of hydrogen-bond donors (Lipinski definition) is 2. The Kier molecular flexibility index (Phi) is 5.37. The van der Waals surface area contributed by atoms with Crippen LogP contribution in [0.2, 0.25) is 0 Å². The molecule has 0 radical (unpaired) electrons. The predicted octanol–water partition coefficient (Wildman–Crippen LogP) is -0.162. The van der Waals surface area contributed by atoms with Crippen LogP contribution in [0.1, 0.15) is 19.8 Å². The summed E-state index contributed by atoms with van der Waals surface area (Å²) in [7, 11) is 0. The van der Waals surface area contributed by atoms with Crippen molar-refractivity contribution in [1.29, 1.82) is 0 Å². The van der Waals surface area contributed by atoms with Gasteiger partial charge in [0.05, 0.1) is 13.2 Å². The maximum Gasteiger partial charge on any atom is 0.319 e. The highest BCUT2D eigenvalue weighted by Gasteiger charge is 2.38. The van der Waals surface area contributed by atoms with Crippen molar-refractivity contribution in [1.82, 2.24) is 10.6 Å². The Bertz CT molecular complexity index is 269. The number of carbonyl (C=O) groups is 1. The molecule has 2 fully saturated rings. The molecule has 2 heterocycles. The number of carbonyl (C=O) groups excluding carboxylic acids is 1. The minimum atomic E-state index is -0.240. The summed E-state index contributed by atoms with van der Waals surface area (Å²) in [5.74, 6) is 0.435. The van der Waals surface area contributed by atoms with Crippen molar-refractivity contribution in [2.24, 2.45) is 5.92 Å². The highest BCUT2D eigenvalue weighted by molar-refractivity contribution is 5.71. The van der Waals surface area contributed by atoms with Crippen LogP contribution in [0.3, 0.4) is 0 Å². The molecule has 2 aliphatic heterocycles. The van der Waals surface area contributed by atoms with Gasteiger partial charge in [-0.05, 0) is 25.7 Å². The Hall–Kier alpha value is -0.690. The third kappa shape index (κ3) is 4.53. The monoisotopic (exact) mass is 258 g/mol. The maximum absolute atomic E-state index is 11.1. The van der Waals surface area contributed by atoms with Crippen LogP contribution in [0, 0.1) is 5.92 Å². The lowest BCUT2D eigenvalue weighted by Gasteiger charge is -2.21. The summed E-state index contributed by atoms with van der Waals surface area (Å²) in [5.41, 5.74) is 0. The summed E-state index contributed by atoms with van der Waals surface area (Å²) in [6.07, 6.45) is 2.19. The first-order chi connectivity index (χ1) is 8.79. The van der Waals surface area contributed by atoms with E-state index in [1.54, 1.807) is 6.92 Å². The predicted molar refractivity (Wildman–Crippen MR) is 64.8 cm³/mol. The van der Waals surface area contributed by atoms with Gasteiger partial charge in [-0.15, -0.1) is 0 Å². The second-order valence-corrected chi connectivity index (χ2v) is 4.63. The van der Waals surface area contributed by atoms with Crippen molar-refractivity contribution in [2.75, 3.05) is 32.9 Å². The molecule has 0 spiro atoms. The maximum atomic E-state index is 11.1. The van der Waals surface area contributed by atoms with Gasteiger partial charge in [0.2, 0.25) is 0 Å². The fourth-order valence-corrected chi connectivity index (χ4v) is 2.05. The van der Waals surface area contributed by atoms with Gasteiger partial charge in [0, 0.05) is 19.8 Å². The average Bonchev–Trinajstić information content (AvgIpc) is 3.14. The minimum absolute atomic E-state index is 0.0299. The van der Waals surface area contributed by atoms with Gasteiger partial charge in [-0.2, -0.15) is 0 Å². The van der Waals surface area contributed by atoms with E-state index in [1.807, 2.05) is 0 Å². The average molecular weight is 258 g/mol. The first-order valence-corrected chi connectivity index (χ1v) is 6.65. The zero-order chi connectivity index (χ0) is 12.8. The largest absolute Gasteiger partial charge is 0.465 e. The lowest BCUT2D eigenvalue weighted by Crippen LogP contribution is -2.35. The number of nitrogens with one attached hydrogen (secondary N) is 2. The molecule has 2 N–H and O–H groups in total. The van der Waals surface area contributed by atoms with Gasteiger partial charge in [-0.25, -0.2) is 0 Å². The molecule has 0 bridgehead atoms. The Morgan fingerprint density at radius 3 is 2.72 bits per heavy atom. The molecular weight excluding hydrogens is 236 g/mol. The van der Waals surface area contributed by atoms with Gasteiger partial charge >= 0.3 is 5.97 Å². The van der Waals surface area contributed by atoms with Crippen LogP contribution in [0.15, 0.2) is 0 Å². The van der Waals surface area contributed by atoms with Crippen LogP contribution in [0.25, 0.3) is 0 Å². The van der Waals surface area contributed by atoms with Gasteiger partial charge < -0.3 is 14.2 Å². The van der Waals surface area contributed by atoms with Crippen molar-refractivity contribution >= 4 is 5.97 Å². The van der Waals surface area contributed by atoms with E-state index in [4.69, 9.17) is 14.2 Å². The molecule has 6 heteroatoms. The Morgan fingerprint density at radius 1 is 1.28 bits per heavy atom. The number of esters is 1. The molecule has 2 saturated heterocycles. The fraction of sp³-hybridized carbons (Fsp3) is 0.917. The van der Waals surface area contributed by atoms with Gasteiger partial charge in [-0.3, -0.25) is 15.4 Å². The molecule has 2 aliphatic rings. The molecule has 0 amide bonds. The van der Waals surface area contributed by atoms with E-state index in [9.17, 15) is 4.79 Å². The highest BCUT2D eigenvalue weighted by atomic mass is 16.6. The summed E-state index contributed by atoms with van der Waals surface area (Å²) in [6, 6.07) is 0.